The highest BCUT2D eigenvalue weighted by Gasteiger charge is 2.39. The summed E-state index contributed by atoms with van der Waals surface area (Å²) < 4.78 is 27.6. The average molecular weight is 280 g/mol. The zero-order valence-electron chi connectivity index (χ0n) is 12.4. The Kier molecular flexibility index (Phi) is 10.9. The summed E-state index contributed by atoms with van der Waals surface area (Å²) in [5.74, 6) is 0. The van der Waals surface area contributed by atoms with Crippen LogP contribution in [0.4, 0.5) is 0 Å². The molecule has 0 bridgehead atoms. The summed E-state index contributed by atoms with van der Waals surface area (Å²) in [6.45, 7) is 7.74. The monoisotopic (exact) mass is 280 g/mol. The molecular weight excluding hydrogens is 252 g/mol. The molecule has 0 aliphatic carbocycles. The fraction of sp³-hybridized carbons (Fsp3) is 1.00. The van der Waals surface area contributed by atoms with Gasteiger partial charge in [-0.25, -0.2) is 0 Å². The fourth-order valence-electron chi connectivity index (χ4n) is 1.82. The average Bonchev–Trinajstić information content (AvgIpc) is 2.36. The molecule has 0 unspecified atom stereocenters. The second-order valence-corrected chi connectivity index (χ2v) is 6.51. The molecule has 0 rings (SSSR count). The first-order valence-corrected chi connectivity index (χ1v) is 8.58. The maximum Gasteiger partial charge on any atom is 0.500 e. The van der Waals surface area contributed by atoms with E-state index in [1.54, 1.807) is 14.2 Å². The molecule has 0 spiro atoms. The molecule has 0 amide bonds. The summed E-state index contributed by atoms with van der Waals surface area (Å²) in [5, 5.41) is 0. The molecule has 0 aromatic heterocycles. The van der Waals surface area contributed by atoms with Crippen LogP contribution in [0.5, 0.6) is 0 Å². The van der Waals surface area contributed by atoms with Crippen molar-refractivity contribution in [2.24, 2.45) is 0 Å². The van der Waals surface area contributed by atoms with Crippen molar-refractivity contribution in [2.75, 3.05) is 34.0 Å². The van der Waals surface area contributed by atoms with Gasteiger partial charge in [0.2, 0.25) is 0 Å². The van der Waals surface area contributed by atoms with Crippen LogP contribution in [-0.4, -0.2) is 49.1 Å². The van der Waals surface area contributed by atoms with Crippen molar-refractivity contribution in [1.29, 1.82) is 0 Å². The number of ether oxygens (including phenoxy) is 2. The van der Waals surface area contributed by atoms with E-state index in [4.69, 9.17) is 22.8 Å². The van der Waals surface area contributed by atoms with Crippen LogP contribution in [0.25, 0.3) is 0 Å². The quantitative estimate of drug-likeness (QED) is 0.406. The molecule has 0 saturated carbocycles. The van der Waals surface area contributed by atoms with Crippen LogP contribution in [0.3, 0.4) is 0 Å². The highest BCUT2D eigenvalue weighted by molar-refractivity contribution is 6.60. The van der Waals surface area contributed by atoms with Gasteiger partial charge in [-0.05, 0) is 33.6 Å². The lowest BCUT2D eigenvalue weighted by Gasteiger charge is -2.28. The third kappa shape index (κ3) is 6.82. The third-order valence-corrected chi connectivity index (χ3v) is 5.69. The fourth-order valence-corrected chi connectivity index (χ4v) is 4.46. The number of hydrogen-bond donors (Lipinski definition) is 0. The molecule has 0 atom stereocenters. The lowest BCUT2D eigenvalue weighted by molar-refractivity contribution is -0.106. The number of hydrogen-bond acceptors (Lipinski definition) is 5. The predicted molar refractivity (Wildman–Crippen MR) is 72.5 cm³/mol. The zero-order valence-corrected chi connectivity index (χ0v) is 13.4. The van der Waals surface area contributed by atoms with Gasteiger partial charge in [0.15, 0.2) is 6.29 Å². The molecule has 6 heteroatoms. The van der Waals surface area contributed by atoms with E-state index in [1.165, 1.54) is 0 Å². The standard InChI is InChI=1S/C12H28O5Si/c1-6-15-18(16-7-2,17-8-3)11-9-10-12(13-4)14-5/h12H,6-11H2,1-5H3. The lowest BCUT2D eigenvalue weighted by atomic mass is 10.3. The van der Waals surface area contributed by atoms with Crippen molar-refractivity contribution >= 4 is 8.80 Å². The van der Waals surface area contributed by atoms with Crippen molar-refractivity contribution in [3.05, 3.63) is 0 Å². The van der Waals surface area contributed by atoms with Crippen LogP contribution in [0, 0.1) is 0 Å². The summed E-state index contributed by atoms with van der Waals surface area (Å²) in [5.41, 5.74) is 0. The van der Waals surface area contributed by atoms with Gasteiger partial charge >= 0.3 is 8.80 Å². The van der Waals surface area contributed by atoms with E-state index in [9.17, 15) is 0 Å². The van der Waals surface area contributed by atoms with Gasteiger partial charge in [0.1, 0.15) is 0 Å². The molecule has 110 valence electrons. The maximum atomic E-state index is 5.77. The Balaban J connectivity index is 4.28. The Morgan fingerprint density at radius 3 is 1.61 bits per heavy atom. The summed E-state index contributed by atoms with van der Waals surface area (Å²) >= 11 is 0. The van der Waals surface area contributed by atoms with Crippen LogP contribution in [-0.2, 0) is 22.8 Å². The van der Waals surface area contributed by atoms with Gasteiger partial charge in [0.25, 0.3) is 0 Å². The molecular formula is C12H28O5Si. The molecule has 0 heterocycles. The summed E-state index contributed by atoms with van der Waals surface area (Å²) in [6.07, 6.45) is 1.55. The van der Waals surface area contributed by atoms with E-state index < -0.39 is 8.80 Å². The summed E-state index contributed by atoms with van der Waals surface area (Å²) in [7, 11) is 0.792. The first-order chi connectivity index (χ1) is 8.67. The summed E-state index contributed by atoms with van der Waals surface area (Å²) in [6, 6.07) is 0.797. The topological polar surface area (TPSA) is 46.2 Å². The molecule has 0 aliphatic rings. The van der Waals surface area contributed by atoms with Crippen molar-refractivity contribution < 1.29 is 22.8 Å². The van der Waals surface area contributed by atoms with Gasteiger partial charge in [0, 0.05) is 40.1 Å². The third-order valence-electron chi connectivity index (χ3n) is 2.54. The molecule has 0 radical (unpaired) electrons. The molecule has 0 aliphatic heterocycles. The second kappa shape index (κ2) is 10.9. The van der Waals surface area contributed by atoms with E-state index in [2.05, 4.69) is 0 Å². The van der Waals surface area contributed by atoms with E-state index in [0.717, 1.165) is 18.9 Å². The minimum Gasteiger partial charge on any atom is -0.374 e. The lowest BCUT2D eigenvalue weighted by Crippen LogP contribution is -2.46. The van der Waals surface area contributed by atoms with Gasteiger partial charge in [-0.3, -0.25) is 0 Å². The second-order valence-electron chi connectivity index (χ2n) is 3.78. The van der Waals surface area contributed by atoms with Gasteiger partial charge in [0.05, 0.1) is 0 Å². The SMILES string of the molecule is CCO[Si](CCCC(OC)OC)(OCC)OCC. The predicted octanol–water partition coefficient (Wildman–Crippen LogP) is 2.43. The van der Waals surface area contributed by atoms with Crippen LogP contribution in [0.2, 0.25) is 6.04 Å². The normalized spacial score (nSPS) is 12.3. The van der Waals surface area contributed by atoms with Crippen molar-refractivity contribution in [2.45, 2.75) is 45.9 Å². The number of rotatable bonds is 12. The van der Waals surface area contributed by atoms with Crippen LogP contribution >= 0.6 is 0 Å². The minimum absolute atomic E-state index is 0.165. The van der Waals surface area contributed by atoms with Gasteiger partial charge in [-0.1, -0.05) is 0 Å². The van der Waals surface area contributed by atoms with E-state index >= 15 is 0 Å². The van der Waals surface area contributed by atoms with Crippen LogP contribution in [0.15, 0.2) is 0 Å². The Bertz CT molecular complexity index is 170. The van der Waals surface area contributed by atoms with Gasteiger partial charge in [-0.15, -0.1) is 0 Å². The van der Waals surface area contributed by atoms with Gasteiger partial charge in [-0.2, -0.15) is 0 Å². The highest BCUT2D eigenvalue weighted by Crippen LogP contribution is 2.20. The highest BCUT2D eigenvalue weighted by atomic mass is 28.4. The molecule has 0 fully saturated rings. The summed E-state index contributed by atoms with van der Waals surface area (Å²) in [4.78, 5) is 0. The minimum atomic E-state index is -2.50. The van der Waals surface area contributed by atoms with E-state index in [0.29, 0.717) is 19.8 Å². The Morgan fingerprint density at radius 2 is 1.28 bits per heavy atom. The molecule has 5 nitrogen and oxygen atoms in total. The first-order valence-electron chi connectivity index (χ1n) is 6.65. The molecule has 0 saturated heterocycles. The zero-order chi connectivity index (χ0) is 13.9. The van der Waals surface area contributed by atoms with Gasteiger partial charge < -0.3 is 22.8 Å². The largest absolute Gasteiger partial charge is 0.500 e. The van der Waals surface area contributed by atoms with Crippen molar-refractivity contribution in [3.8, 4) is 0 Å². The molecule has 0 aromatic carbocycles. The van der Waals surface area contributed by atoms with E-state index in [1.807, 2.05) is 20.8 Å². The first kappa shape index (κ1) is 18.0. The molecule has 0 aromatic rings. The Morgan fingerprint density at radius 1 is 0.833 bits per heavy atom. The maximum absolute atomic E-state index is 5.77. The van der Waals surface area contributed by atoms with E-state index in [-0.39, 0.29) is 6.29 Å². The van der Waals surface area contributed by atoms with Crippen molar-refractivity contribution in [3.63, 3.8) is 0 Å². The molecule has 18 heavy (non-hydrogen) atoms. The van der Waals surface area contributed by atoms with Crippen LogP contribution in [0.1, 0.15) is 33.6 Å². The number of methoxy groups -OCH3 is 2. The molecule has 0 N–H and O–H groups in total. The van der Waals surface area contributed by atoms with Crippen LogP contribution < -0.4 is 0 Å². The van der Waals surface area contributed by atoms with Crippen molar-refractivity contribution in [1.82, 2.24) is 0 Å². The smallest absolute Gasteiger partial charge is 0.374 e. The Hall–Kier alpha value is 0.0169. The Labute approximate surface area is 112 Å².